The highest BCUT2D eigenvalue weighted by Gasteiger charge is 2.21. The van der Waals surface area contributed by atoms with E-state index in [0.717, 1.165) is 27.8 Å². The number of para-hydroxylation sites is 1. The molecule has 1 atom stereocenters. The van der Waals surface area contributed by atoms with Gasteiger partial charge in [0, 0.05) is 29.4 Å². The number of hydrogen-bond donors (Lipinski definition) is 2. The molecule has 0 radical (unpaired) electrons. The SMILES string of the molecule is Cc1cccc(C(CC(=O)NCc2ccco2)c2c[nH]c3ccccc23)c1. The molecule has 0 fully saturated rings. The Bertz CT molecular complexity index is 1050. The van der Waals surface area contributed by atoms with E-state index < -0.39 is 0 Å². The van der Waals surface area contributed by atoms with Gasteiger partial charge in [0.2, 0.25) is 5.91 Å². The van der Waals surface area contributed by atoms with Crippen LogP contribution in [-0.4, -0.2) is 10.9 Å². The number of aryl methyl sites for hydroxylation is 1. The predicted molar refractivity (Wildman–Crippen MR) is 106 cm³/mol. The van der Waals surface area contributed by atoms with Crippen molar-refractivity contribution in [1.82, 2.24) is 10.3 Å². The molecule has 4 aromatic rings. The Morgan fingerprint density at radius 3 is 2.81 bits per heavy atom. The average Bonchev–Trinajstić information content (AvgIpc) is 3.34. The number of aromatic nitrogens is 1. The second kappa shape index (κ2) is 7.54. The van der Waals surface area contributed by atoms with E-state index in [-0.39, 0.29) is 11.8 Å². The maximum absolute atomic E-state index is 12.7. The quantitative estimate of drug-likeness (QED) is 0.515. The van der Waals surface area contributed by atoms with Crippen molar-refractivity contribution in [3.8, 4) is 0 Å². The lowest BCUT2D eigenvalue weighted by atomic mass is 9.87. The van der Waals surface area contributed by atoms with Crippen molar-refractivity contribution in [2.24, 2.45) is 0 Å². The zero-order valence-corrected chi connectivity index (χ0v) is 15.2. The van der Waals surface area contributed by atoms with Gasteiger partial charge in [-0.05, 0) is 36.2 Å². The molecular weight excluding hydrogens is 336 g/mol. The lowest BCUT2D eigenvalue weighted by Crippen LogP contribution is -2.24. The van der Waals surface area contributed by atoms with Gasteiger partial charge in [-0.1, -0.05) is 48.0 Å². The van der Waals surface area contributed by atoms with Gasteiger partial charge in [0.15, 0.2) is 0 Å². The van der Waals surface area contributed by atoms with Crippen LogP contribution < -0.4 is 5.32 Å². The van der Waals surface area contributed by atoms with E-state index in [9.17, 15) is 4.79 Å². The molecule has 4 nitrogen and oxygen atoms in total. The number of carbonyl (C=O) groups is 1. The Morgan fingerprint density at radius 2 is 2.00 bits per heavy atom. The van der Waals surface area contributed by atoms with Crippen LogP contribution >= 0.6 is 0 Å². The van der Waals surface area contributed by atoms with Crippen molar-refractivity contribution in [2.75, 3.05) is 0 Å². The second-order valence-electron chi connectivity index (χ2n) is 6.82. The third-order valence-electron chi connectivity index (χ3n) is 4.87. The Balaban J connectivity index is 1.63. The fourth-order valence-electron chi connectivity index (χ4n) is 3.53. The molecule has 0 saturated carbocycles. The summed E-state index contributed by atoms with van der Waals surface area (Å²) in [5.74, 6) is 0.739. The van der Waals surface area contributed by atoms with Crippen molar-refractivity contribution >= 4 is 16.8 Å². The van der Waals surface area contributed by atoms with Gasteiger partial charge < -0.3 is 14.7 Å². The molecule has 1 amide bonds. The Labute approximate surface area is 158 Å². The predicted octanol–water partition coefficient (Wildman–Crippen LogP) is 4.91. The monoisotopic (exact) mass is 358 g/mol. The third-order valence-corrected chi connectivity index (χ3v) is 4.87. The first-order chi connectivity index (χ1) is 13.2. The second-order valence-corrected chi connectivity index (χ2v) is 6.82. The van der Waals surface area contributed by atoms with E-state index in [4.69, 9.17) is 4.42 Å². The smallest absolute Gasteiger partial charge is 0.221 e. The zero-order valence-electron chi connectivity index (χ0n) is 15.2. The molecule has 2 aromatic heterocycles. The van der Waals surface area contributed by atoms with E-state index in [1.165, 1.54) is 5.56 Å². The lowest BCUT2D eigenvalue weighted by Gasteiger charge is -2.17. The van der Waals surface area contributed by atoms with Gasteiger partial charge in [0.1, 0.15) is 5.76 Å². The number of aromatic amines is 1. The fraction of sp³-hybridized carbons (Fsp3) is 0.174. The molecular formula is C23H22N2O2. The molecule has 0 bridgehead atoms. The minimum Gasteiger partial charge on any atom is -0.467 e. The molecule has 2 heterocycles. The Morgan fingerprint density at radius 1 is 1.11 bits per heavy atom. The zero-order chi connectivity index (χ0) is 18.6. The molecule has 4 rings (SSSR count). The van der Waals surface area contributed by atoms with Gasteiger partial charge in [0.05, 0.1) is 12.8 Å². The summed E-state index contributed by atoms with van der Waals surface area (Å²) < 4.78 is 5.30. The molecule has 0 saturated heterocycles. The largest absolute Gasteiger partial charge is 0.467 e. The molecule has 0 aliphatic heterocycles. The molecule has 0 spiro atoms. The van der Waals surface area contributed by atoms with E-state index in [2.05, 4.69) is 47.6 Å². The van der Waals surface area contributed by atoms with Gasteiger partial charge in [0.25, 0.3) is 0 Å². The summed E-state index contributed by atoms with van der Waals surface area (Å²) in [6.45, 7) is 2.48. The first-order valence-corrected chi connectivity index (χ1v) is 9.12. The van der Waals surface area contributed by atoms with Gasteiger partial charge >= 0.3 is 0 Å². The Hall–Kier alpha value is -3.27. The molecule has 2 aromatic carbocycles. The lowest BCUT2D eigenvalue weighted by molar-refractivity contribution is -0.121. The molecule has 0 aliphatic carbocycles. The van der Waals surface area contributed by atoms with Gasteiger partial charge in [-0.15, -0.1) is 0 Å². The minimum atomic E-state index is -0.0161. The summed E-state index contributed by atoms with van der Waals surface area (Å²) in [7, 11) is 0. The summed E-state index contributed by atoms with van der Waals surface area (Å²) in [5.41, 5.74) is 4.56. The number of fused-ring (bicyclic) bond motifs is 1. The number of benzene rings is 2. The normalized spacial score (nSPS) is 12.2. The number of nitrogens with one attached hydrogen (secondary N) is 2. The number of carbonyl (C=O) groups excluding carboxylic acids is 1. The van der Waals surface area contributed by atoms with Crippen LogP contribution in [0.3, 0.4) is 0 Å². The molecule has 2 N–H and O–H groups in total. The summed E-state index contributed by atoms with van der Waals surface area (Å²) >= 11 is 0. The van der Waals surface area contributed by atoms with E-state index in [1.54, 1.807) is 6.26 Å². The van der Waals surface area contributed by atoms with Crippen molar-refractivity contribution in [2.45, 2.75) is 25.8 Å². The number of furan rings is 1. The number of H-pyrrole nitrogens is 1. The van der Waals surface area contributed by atoms with Crippen molar-refractivity contribution in [3.05, 3.63) is 95.6 Å². The van der Waals surface area contributed by atoms with Crippen molar-refractivity contribution in [3.63, 3.8) is 0 Å². The maximum Gasteiger partial charge on any atom is 0.221 e. The van der Waals surface area contributed by atoms with Crippen molar-refractivity contribution < 1.29 is 9.21 Å². The third kappa shape index (κ3) is 3.80. The molecule has 136 valence electrons. The highest BCUT2D eigenvalue weighted by atomic mass is 16.3. The van der Waals surface area contributed by atoms with E-state index >= 15 is 0 Å². The number of rotatable bonds is 6. The van der Waals surface area contributed by atoms with Crippen molar-refractivity contribution in [1.29, 1.82) is 0 Å². The maximum atomic E-state index is 12.7. The van der Waals surface area contributed by atoms with Gasteiger partial charge in [-0.25, -0.2) is 0 Å². The molecule has 1 unspecified atom stereocenters. The standard InChI is InChI=1S/C23H22N2O2/c1-16-6-4-7-17(12-16)20(13-23(26)25-14-18-8-5-11-27-18)21-15-24-22-10-3-2-9-19(21)22/h2-12,15,20,24H,13-14H2,1H3,(H,25,26). The van der Waals surface area contributed by atoms with Crippen LogP contribution in [0.25, 0.3) is 10.9 Å². The summed E-state index contributed by atoms with van der Waals surface area (Å²) in [6, 6.07) is 20.3. The molecule has 0 aliphatic rings. The molecule has 27 heavy (non-hydrogen) atoms. The van der Waals surface area contributed by atoms with Crippen LogP contribution in [0.1, 0.15) is 34.8 Å². The van der Waals surface area contributed by atoms with E-state index in [0.29, 0.717) is 13.0 Å². The van der Waals surface area contributed by atoms with Gasteiger partial charge in [-0.3, -0.25) is 4.79 Å². The first kappa shape index (κ1) is 17.2. The number of amides is 1. The fourth-order valence-corrected chi connectivity index (χ4v) is 3.53. The van der Waals surface area contributed by atoms with Gasteiger partial charge in [-0.2, -0.15) is 0 Å². The van der Waals surface area contributed by atoms with Crippen LogP contribution in [-0.2, 0) is 11.3 Å². The highest BCUT2D eigenvalue weighted by Crippen LogP contribution is 2.33. The van der Waals surface area contributed by atoms with Crippen LogP contribution in [0.15, 0.2) is 77.5 Å². The summed E-state index contributed by atoms with van der Waals surface area (Å²) in [6.07, 6.45) is 4.02. The highest BCUT2D eigenvalue weighted by molar-refractivity contribution is 5.86. The van der Waals surface area contributed by atoms with E-state index in [1.807, 2.05) is 36.5 Å². The summed E-state index contributed by atoms with van der Waals surface area (Å²) in [5, 5.41) is 4.12. The minimum absolute atomic E-state index is 0.00295. The van der Waals surface area contributed by atoms with Crippen LogP contribution in [0.5, 0.6) is 0 Å². The Kier molecular flexibility index (Phi) is 4.79. The van der Waals surface area contributed by atoms with Crippen LogP contribution in [0.4, 0.5) is 0 Å². The molecule has 4 heteroatoms. The summed E-state index contributed by atoms with van der Waals surface area (Å²) in [4.78, 5) is 16.0. The van der Waals surface area contributed by atoms with Crippen LogP contribution in [0, 0.1) is 6.92 Å². The topological polar surface area (TPSA) is 58.0 Å². The number of hydrogen-bond acceptors (Lipinski definition) is 2. The van der Waals surface area contributed by atoms with Crippen LogP contribution in [0.2, 0.25) is 0 Å². The average molecular weight is 358 g/mol. The first-order valence-electron chi connectivity index (χ1n) is 9.12.